The standard InChI is InChI=1S/C27H30N2/c1-19(2)24-17-23(21-11-7-5-8-12-21)18-25(20(3)4)26(24)29-16-15-28-27(29)22-13-9-6-10-14-22/h6-7,9-20H,5,8H2,1-4H3. The fourth-order valence-corrected chi connectivity index (χ4v) is 4.12. The molecule has 0 spiro atoms. The quantitative estimate of drug-likeness (QED) is 0.446. The molecule has 4 rings (SSSR count). The van der Waals surface area contributed by atoms with Gasteiger partial charge >= 0.3 is 0 Å². The van der Waals surface area contributed by atoms with E-state index in [2.05, 4.69) is 99.2 Å². The molecule has 1 aliphatic carbocycles. The van der Waals surface area contributed by atoms with Crippen molar-refractivity contribution in [2.75, 3.05) is 0 Å². The fraction of sp³-hybridized carbons (Fsp3) is 0.296. The minimum atomic E-state index is 0.418. The molecular weight excluding hydrogens is 352 g/mol. The Labute approximate surface area is 174 Å². The first kappa shape index (κ1) is 19.4. The van der Waals surface area contributed by atoms with Gasteiger partial charge in [-0.1, -0.05) is 76.3 Å². The summed E-state index contributed by atoms with van der Waals surface area (Å²) in [6.07, 6.45) is 13.2. The normalized spacial score (nSPS) is 13.9. The number of imidazole rings is 1. The number of allylic oxidation sites excluding steroid dienone is 4. The molecule has 1 aromatic heterocycles. The predicted octanol–water partition coefficient (Wildman–Crippen LogP) is 7.52. The van der Waals surface area contributed by atoms with E-state index in [9.17, 15) is 0 Å². The first-order valence-electron chi connectivity index (χ1n) is 10.7. The van der Waals surface area contributed by atoms with Gasteiger partial charge in [0.2, 0.25) is 0 Å². The minimum absolute atomic E-state index is 0.418. The Kier molecular flexibility index (Phi) is 5.53. The van der Waals surface area contributed by atoms with Crippen molar-refractivity contribution in [1.29, 1.82) is 0 Å². The van der Waals surface area contributed by atoms with Crippen molar-refractivity contribution in [2.45, 2.75) is 52.4 Å². The number of aromatic nitrogens is 2. The van der Waals surface area contributed by atoms with Crippen LogP contribution in [0.3, 0.4) is 0 Å². The summed E-state index contributed by atoms with van der Waals surface area (Å²) >= 11 is 0. The van der Waals surface area contributed by atoms with Crippen LogP contribution >= 0.6 is 0 Å². The highest BCUT2D eigenvalue weighted by molar-refractivity contribution is 5.77. The highest BCUT2D eigenvalue weighted by Gasteiger charge is 2.21. The van der Waals surface area contributed by atoms with E-state index in [1.54, 1.807) is 0 Å². The van der Waals surface area contributed by atoms with E-state index in [1.165, 1.54) is 28.0 Å². The Morgan fingerprint density at radius 1 is 0.862 bits per heavy atom. The third kappa shape index (κ3) is 3.85. The second-order valence-corrected chi connectivity index (χ2v) is 8.44. The van der Waals surface area contributed by atoms with Crippen molar-refractivity contribution in [3.63, 3.8) is 0 Å². The zero-order chi connectivity index (χ0) is 20.4. The van der Waals surface area contributed by atoms with E-state index < -0.39 is 0 Å². The summed E-state index contributed by atoms with van der Waals surface area (Å²) < 4.78 is 2.29. The molecule has 0 radical (unpaired) electrons. The van der Waals surface area contributed by atoms with Crippen molar-refractivity contribution < 1.29 is 0 Å². The lowest BCUT2D eigenvalue weighted by Gasteiger charge is -2.24. The van der Waals surface area contributed by atoms with Crippen molar-refractivity contribution in [1.82, 2.24) is 9.55 Å². The summed E-state index contributed by atoms with van der Waals surface area (Å²) in [5, 5.41) is 0. The lowest BCUT2D eigenvalue weighted by atomic mass is 9.87. The number of benzene rings is 2. The van der Waals surface area contributed by atoms with E-state index >= 15 is 0 Å². The lowest BCUT2D eigenvalue weighted by molar-refractivity contribution is 0.805. The zero-order valence-corrected chi connectivity index (χ0v) is 17.9. The average Bonchev–Trinajstić information content (AvgIpc) is 3.23. The summed E-state index contributed by atoms with van der Waals surface area (Å²) in [5.41, 5.74) is 7.86. The topological polar surface area (TPSA) is 17.8 Å². The highest BCUT2D eigenvalue weighted by atomic mass is 15.1. The minimum Gasteiger partial charge on any atom is -0.299 e. The summed E-state index contributed by atoms with van der Waals surface area (Å²) in [6, 6.07) is 15.3. The molecule has 1 heterocycles. The van der Waals surface area contributed by atoms with Gasteiger partial charge in [0.25, 0.3) is 0 Å². The Morgan fingerprint density at radius 3 is 2.14 bits per heavy atom. The average molecular weight is 383 g/mol. The molecule has 0 saturated heterocycles. The van der Waals surface area contributed by atoms with E-state index in [0.29, 0.717) is 11.8 Å². The molecule has 0 atom stereocenters. The Balaban J connectivity index is 1.96. The smallest absolute Gasteiger partial charge is 0.144 e. The lowest BCUT2D eigenvalue weighted by Crippen LogP contribution is -2.09. The first-order chi connectivity index (χ1) is 14.1. The second kappa shape index (κ2) is 8.24. The van der Waals surface area contributed by atoms with Crippen LogP contribution in [-0.4, -0.2) is 9.55 Å². The van der Waals surface area contributed by atoms with E-state index in [4.69, 9.17) is 4.98 Å². The van der Waals surface area contributed by atoms with Crippen LogP contribution in [0.15, 0.2) is 73.1 Å². The van der Waals surface area contributed by atoms with E-state index in [-0.39, 0.29) is 0 Å². The molecule has 0 bridgehead atoms. The van der Waals surface area contributed by atoms with Crippen LogP contribution in [0.25, 0.3) is 22.6 Å². The molecule has 0 unspecified atom stereocenters. The second-order valence-electron chi connectivity index (χ2n) is 8.44. The van der Waals surface area contributed by atoms with Crippen LogP contribution in [0.2, 0.25) is 0 Å². The molecule has 2 aromatic carbocycles. The molecule has 2 nitrogen and oxygen atoms in total. The van der Waals surface area contributed by atoms with Gasteiger partial charge in [0, 0.05) is 18.0 Å². The zero-order valence-electron chi connectivity index (χ0n) is 17.9. The highest BCUT2D eigenvalue weighted by Crippen LogP contribution is 2.37. The summed E-state index contributed by atoms with van der Waals surface area (Å²) in [4.78, 5) is 4.72. The SMILES string of the molecule is CC(C)c1cc(C2=CCCC=C2)cc(C(C)C)c1-n1ccnc1-c1ccccc1. The summed E-state index contributed by atoms with van der Waals surface area (Å²) in [5.74, 6) is 1.84. The molecule has 0 amide bonds. The third-order valence-electron chi connectivity index (χ3n) is 5.65. The van der Waals surface area contributed by atoms with Gasteiger partial charge in [-0.15, -0.1) is 0 Å². The Hall–Kier alpha value is -2.87. The molecule has 2 heteroatoms. The number of hydrogen-bond donors (Lipinski definition) is 0. The van der Waals surface area contributed by atoms with Crippen LogP contribution in [0.4, 0.5) is 0 Å². The molecule has 3 aromatic rings. The van der Waals surface area contributed by atoms with Crippen LogP contribution in [-0.2, 0) is 0 Å². The fourth-order valence-electron chi connectivity index (χ4n) is 4.12. The summed E-state index contributed by atoms with van der Waals surface area (Å²) in [7, 11) is 0. The van der Waals surface area contributed by atoms with Crippen molar-refractivity contribution in [2.24, 2.45) is 0 Å². The van der Waals surface area contributed by atoms with Gasteiger partial charge in [0.05, 0.1) is 5.69 Å². The molecule has 0 saturated carbocycles. The van der Waals surface area contributed by atoms with Crippen LogP contribution in [0.5, 0.6) is 0 Å². The maximum absolute atomic E-state index is 4.72. The molecule has 148 valence electrons. The molecule has 1 aliphatic rings. The number of nitrogens with zero attached hydrogens (tertiary/aromatic N) is 2. The predicted molar refractivity (Wildman–Crippen MR) is 124 cm³/mol. The maximum Gasteiger partial charge on any atom is 0.144 e. The first-order valence-corrected chi connectivity index (χ1v) is 10.7. The Morgan fingerprint density at radius 2 is 1.55 bits per heavy atom. The Bertz CT molecular complexity index is 1020. The van der Waals surface area contributed by atoms with E-state index in [0.717, 1.165) is 24.2 Å². The summed E-state index contributed by atoms with van der Waals surface area (Å²) in [6.45, 7) is 9.15. The van der Waals surface area contributed by atoms with Gasteiger partial charge in [0.1, 0.15) is 5.82 Å². The van der Waals surface area contributed by atoms with Gasteiger partial charge in [-0.2, -0.15) is 0 Å². The van der Waals surface area contributed by atoms with Gasteiger partial charge in [-0.3, -0.25) is 4.57 Å². The third-order valence-corrected chi connectivity index (χ3v) is 5.65. The largest absolute Gasteiger partial charge is 0.299 e. The molecule has 0 N–H and O–H groups in total. The van der Waals surface area contributed by atoms with Gasteiger partial charge in [0.15, 0.2) is 0 Å². The maximum atomic E-state index is 4.72. The van der Waals surface area contributed by atoms with Crippen LogP contribution in [0.1, 0.15) is 69.1 Å². The molecule has 29 heavy (non-hydrogen) atoms. The number of hydrogen-bond acceptors (Lipinski definition) is 1. The van der Waals surface area contributed by atoms with E-state index in [1.807, 2.05) is 6.20 Å². The van der Waals surface area contributed by atoms with Crippen molar-refractivity contribution in [3.05, 3.63) is 89.8 Å². The van der Waals surface area contributed by atoms with Crippen LogP contribution in [0, 0.1) is 0 Å². The van der Waals surface area contributed by atoms with Crippen molar-refractivity contribution >= 4 is 5.57 Å². The molecule has 0 fully saturated rings. The molecular formula is C27H30N2. The number of rotatable bonds is 5. The van der Waals surface area contributed by atoms with Crippen molar-refractivity contribution in [3.8, 4) is 17.1 Å². The van der Waals surface area contributed by atoms with Crippen LogP contribution < -0.4 is 0 Å². The van der Waals surface area contributed by atoms with Gasteiger partial charge in [-0.05, 0) is 59.1 Å². The monoisotopic (exact) mass is 382 g/mol. The molecule has 0 aliphatic heterocycles. The van der Waals surface area contributed by atoms with Gasteiger partial charge < -0.3 is 0 Å². The van der Waals surface area contributed by atoms with Gasteiger partial charge in [-0.25, -0.2) is 4.98 Å².